The largest absolute Gasteiger partial charge is 0.477 e. The van der Waals surface area contributed by atoms with Crippen LogP contribution in [0.5, 0.6) is 5.88 Å². The number of aromatic carboxylic acids is 1. The molecule has 0 radical (unpaired) electrons. The third-order valence-corrected chi connectivity index (χ3v) is 5.84. The van der Waals surface area contributed by atoms with Crippen LogP contribution in [0.3, 0.4) is 0 Å². The Labute approximate surface area is 200 Å². The summed E-state index contributed by atoms with van der Waals surface area (Å²) in [5.41, 5.74) is 2.06. The van der Waals surface area contributed by atoms with Gasteiger partial charge in [-0.05, 0) is 62.9 Å². The zero-order chi connectivity index (χ0) is 22.2. The van der Waals surface area contributed by atoms with Gasteiger partial charge in [0.15, 0.2) is 0 Å². The van der Waals surface area contributed by atoms with E-state index in [4.69, 9.17) is 14.6 Å². The molecule has 2 saturated heterocycles. The van der Waals surface area contributed by atoms with E-state index in [-0.39, 0.29) is 18.1 Å². The number of carboxylic acids is 1. The first-order valence-electron chi connectivity index (χ1n) is 11.2. The van der Waals surface area contributed by atoms with Crippen molar-refractivity contribution in [3.05, 3.63) is 66.0 Å². The van der Waals surface area contributed by atoms with Crippen molar-refractivity contribution in [2.75, 3.05) is 26.3 Å². The van der Waals surface area contributed by atoms with Gasteiger partial charge in [-0.3, -0.25) is 0 Å². The minimum absolute atomic E-state index is 0. The van der Waals surface area contributed by atoms with Crippen LogP contribution in [0.1, 0.15) is 47.7 Å². The van der Waals surface area contributed by atoms with Crippen LogP contribution in [0.25, 0.3) is 10.9 Å². The van der Waals surface area contributed by atoms with Gasteiger partial charge in [-0.1, -0.05) is 30.3 Å². The second-order valence-corrected chi connectivity index (χ2v) is 8.05. The Morgan fingerprint density at radius 1 is 1.00 bits per heavy atom. The maximum absolute atomic E-state index is 10.6. The van der Waals surface area contributed by atoms with E-state index in [1.807, 2.05) is 30.5 Å². The summed E-state index contributed by atoms with van der Waals surface area (Å²) in [4.78, 5) is 19.0. The fraction of sp³-hybridized carbons (Fsp3) is 0.400. The lowest BCUT2D eigenvalue weighted by molar-refractivity contribution is 0.0691. The number of fused-ring (bicyclic) bond motifs is 1. The summed E-state index contributed by atoms with van der Waals surface area (Å²) in [6.45, 7) is 3.80. The Hall–Kier alpha value is -2.74. The van der Waals surface area contributed by atoms with Gasteiger partial charge in [0.05, 0.1) is 5.52 Å². The number of rotatable bonds is 4. The number of nitrogens with one attached hydrogen (secondary N) is 1. The molecule has 0 bridgehead atoms. The first-order valence-corrected chi connectivity index (χ1v) is 11.2. The number of piperidine rings is 1. The third kappa shape index (κ3) is 6.87. The Balaban J connectivity index is 0.000000192. The van der Waals surface area contributed by atoms with Crippen molar-refractivity contribution in [3.8, 4) is 5.88 Å². The summed E-state index contributed by atoms with van der Waals surface area (Å²) in [6, 6.07) is 14.9. The van der Waals surface area contributed by atoms with Gasteiger partial charge < -0.3 is 19.9 Å². The van der Waals surface area contributed by atoms with Crippen LogP contribution >= 0.6 is 12.4 Å². The zero-order valence-electron chi connectivity index (χ0n) is 18.5. The number of aromatic nitrogens is 2. The van der Waals surface area contributed by atoms with E-state index in [0.29, 0.717) is 17.5 Å². The molecule has 0 saturated carbocycles. The molecule has 2 aliphatic rings. The van der Waals surface area contributed by atoms with E-state index < -0.39 is 5.97 Å². The van der Waals surface area contributed by atoms with Gasteiger partial charge >= 0.3 is 5.97 Å². The molecule has 7 nitrogen and oxygen atoms in total. The minimum Gasteiger partial charge on any atom is -0.477 e. The number of carbonyl (C=O) groups is 1. The van der Waals surface area contributed by atoms with Gasteiger partial charge in [-0.25, -0.2) is 14.8 Å². The molecule has 0 unspecified atom stereocenters. The number of carboxylic acid groups (broad SMARTS) is 1. The number of nitrogens with zero attached hydrogens (tertiary/aromatic N) is 2. The van der Waals surface area contributed by atoms with Crippen LogP contribution in [0.2, 0.25) is 0 Å². The number of hydrogen-bond donors (Lipinski definition) is 2. The average Bonchev–Trinajstić information content (AvgIpc) is 2.86. The molecule has 2 N–H and O–H groups in total. The molecule has 0 atom stereocenters. The van der Waals surface area contributed by atoms with Gasteiger partial charge in [0, 0.05) is 30.4 Å². The number of halogens is 1. The fourth-order valence-electron chi connectivity index (χ4n) is 4.08. The van der Waals surface area contributed by atoms with Crippen LogP contribution in [0, 0.1) is 0 Å². The smallest absolute Gasteiger partial charge is 0.354 e. The fourth-order valence-corrected chi connectivity index (χ4v) is 4.08. The highest BCUT2D eigenvalue weighted by Crippen LogP contribution is 2.33. The maximum atomic E-state index is 10.6. The third-order valence-electron chi connectivity index (χ3n) is 5.84. The van der Waals surface area contributed by atoms with Crippen LogP contribution in [0.15, 0.2) is 54.7 Å². The monoisotopic (exact) mass is 471 g/mol. The summed E-state index contributed by atoms with van der Waals surface area (Å²) in [7, 11) is 0. The van der Waals surface area contributed by atoms with E-state index in [2.05, 4.69) is 21.4 Å². The second kappa shape index (κ2) is 12.5. The standard InChI is InChI=1S/C15H22N2O2.C10H7NO2.ClH/c1-2-14(12-5-10-18-11-6-12)15(17-7-1)19-13-3-8-16-9-4-13;12-10(13)9-6-5-7-3-1-2-4-8(7)11-9;/h1-2,7,12-13,16H,3-6,8-11H2;1-6H,(H,12,13);1H. The van der Waals surface area contributed by atoms with Gasteiger partial charge in [0.1, 0.15) is 11.8 Å². The highest BCUT2D eigenvalue weighted by molar-refractivity contribution is 5.89. The Kier molecular flexibility index (Phi) is 9.42. The molecule has 1 aromatic carbocycles. The van der Waals surface area contributed by atoms with Crippen LogP contribution < -0.4 is 10.1 Å². The zero-order valence-corrected chi connectivity index (χ0v) is 19.3. The number of para-hydroxylation sites is 1. The molecule has 2 aromatic heterocycles. The predicted molar refractivity (Wildman–Crippen MR) is 130 cm³/mol. The minimum atomic E-state index is -0.995. The van der Waals surface area contributed by atoms with Crippen LogP contribution in [-0.2, 0) is 4.74 Å². The average molecular weight is 472 g/mol. The number of benzene rings is 1. The molecule has 0 aliphatic carbocycles. The SMILES string of the molecule is Cl.O=C(O)c1ccc2ccccc2n1.c1cnc(OC2CCNCC2)c(C2CCOCC2)c1. The van der Waals surface area contributed by atoms with E-state index in [1.165, 1.54) is 11.6 Å². The lowest BCUT2D eigenvalue weighted by atomic mass is 9.92. The normalized spacial score (nSPS) is 16.8. The van der Waals surface area contributed by atoms with Crippen molar-refractivity contribution in [3.63, 3.8) is 0 Å². The Morgan fingerprint density at radius 3 is 2.52 bits per heavy atom. The van der Waals surface area contributed by atoms with Gasteiger partial charge in [0.2, 0.25) is 5.88 Å². The summed E-state index contributed by atoms with van der Waals surface area (Å²) in [5, 5.41) is 13.0. The van der Waals surface area contributed by atoms with Gasteiger partial charge in [-0.15, -0.1) is 12.4 Å². The van der Waals surface area contributed by atoms with Gasteiger partial charge in [0.25, 0.3) is 0 Å². The van der Waals surface area contributed by atoms with Crippen molar-refractivity contribution in [2.24, 2.45) is 0 Å². The molecule has 5 rings (SSSR count). The predicted octanol–water partition coefficient (Wildman–Crippen LogP) is 4.46. The van der Waals surface area contributed by atoms with Gasteiger partial charge in [-0.2, -0.15) is 0 Å². The lowest BCUT2D eigenvalue weighted by Crippen LogP contribution is -2.34. The second-order valence-electron chi connectivity index (χ2n) is 8.05. The van der Waals surface area contributed by atoms with E-state index >= 15 is 0 Å². The van der Waals surface area contributed by atoms with Crippen molar-refractivity contribution in [2.45, 2.75) is 37.7 Å². The van der Waals surface area contributed by atoms with E-state index in [1.54, 1.807) is 12.1 Å². The lowest BCUT2D eigenvalue weighted by Gasteiger charge is -2.27. The van der Waals surface area contributed by atoms with E-state index in [9.17, 15) is 4.79 Å². The van der Waals surface area contributed by atoms with Crippen molar-refractivity contribution >= 4 is 29.3 Å². The first-order chi connectivity index (χ1) is 15.7. The van der Waals surface area contributed by atoms with Crippen molar-refractivity contribution in [1.82, 2.24) is 15.3 Å². The first kappa shape index (κ1) is 24.9. The molecule has 0 spiro atoms. The highest BCUT2D eigenvalue weighted by Gasteiger charge is 2.22. The molecular weight excluding hydrogens is 442 g/mol. The molecular formula is C25H30ClN3O4. The molecule has 176 valence electrons. The maximum Gasteiger partial charge on any atom is 0.354 e. The molecule has 4 heterocycles. The summed E-state index contributed by atoms with van der Waals surface area (Å²) >= 11 is 0. The van der Waals surface area contributed by atoms with Crippen LogP contribution in [0.4, 0.5) is 0 Å². The number of ether oxygens (including phenoxy) is 2. The molecule has 8 heteroatoms. The van der Waals surface area contributed by atoms with Crippen molar-refractivity contribution < 1.29 is 19.4 Å². The molecule has 0 amide bonds. The summed E-state index contributed by atoms with van der Waals surface area (Å²) in [6.07, 6.45) is 6.45. The molecule has 2 fully saturated rings. The molecule has 3 aromatic rings. The number of hydrogen-bond acceptors (Lipinski definition) is 6. The number of pyridine rings is 2. The highest BCUT2D eigenvalue weighted by atomic mass is 35.5. The molecule has 2 aliphatic heterocycles. The van der Waals surface area contributed by atoms with Crippen LogP contribution in [-0.4, -0.2) is 53.5 Å². The molecule has 33 heavy (non-hydrogen) atoms. The Bertz CT molecular complexity index is 1040. The quantitative estimate of drug-likeness (QED) is 0.580. The summed E-state index contributed by atoms with van der Waals surface area (Å²) < 4.78 is 11.6. The topological polar surface area (TPSA) is 93.6 Å². The van der Waals surface area contributed by atoms with E-state index in [0.717, 1.165) is 63.3 Å². The van der Waals surface area contributed by atoms with Crippen molar-refractivity contribution in [1.29, 1.82) is 0 Å². The Morgan fingerprint density at radius 2 is 1.76 bits per heavy atom. The summed E-state index contributed by atoms with van der Waals surface area (Å²) in [5.74, 6) is 0.395.